The summed E-state index contributed by atoms with van der Waals surface area (Å²) in [4.78, 5) is 35.6. The van der Waals surface area contributed by atoms with Crippen LogP contribution in [0.15, 0.2) is 48.5 Å². The molecule has 0 aliphatic heterocycles. The molecule has 0 spiro atoms. The van der Waals surface area contributed by atoms with E-state index >= 15 is 0 Å². The lowest BCUT2D eigenvalue weighted by molar-refractivity contribution is -0.147. The Balaban J connectivity index is 1.76. The predicted molar refractivity (Wildman–Crippen MR) is 95.5 cm³/mol. The molecule has 25 heavy (non-hydrogen) atoms. The van der Waals surface area contributed by atoms with E-state index in [1.54, 1.807) is 24.3 Å². The second kappa shape index (κ2) is 8.78. The van der Waals surface area contributed by atoms with Crippen molar-refractivity contribution in [3.63, 3.8) is 0 Å². The first kappa shape index (κ1) is 18.4. The van der Waals surface area contributed by atoms with Gasteiger partial charge in [0.25, 0.3) is 5.91 Å². The number of nitrogens with one attached hydrogen (secondary N) is 1. The van der Waals surface area contributed by atoms with Gasteiger partial charge in [-0.05, 0) is 25.0 Å². The summed E-state index contributed by atoms with van der Waals surface area (Å²) >= 11 is 0. The van der Waals surface area contributed by atoms with Gasteiger partial charge in [0.2, 0.25) is 0 Å². The third-order valence-corrected chi connectivity index (χ3v) is 3.76. The fourth-order valence-corrected chi connectivity index (χ4v) is 2.39. The molecule has 0 aliphatic carbocycles. The van der Waals surface area contributed by atoms with Gasteiger partial charge in [0.05, 0.1) is 6.42 Å². The molecular formula is C20H21NO4. The second-order valence-electron chi connectivity index (χ2n) is 5.76. The van der Waals surface area contributed by atoms with Crippen molar-refractivity contribution in [2.75, 3.05) is 11.9 Å². The van der Waals surface area contributed by atoms with Gasteiger partial charge in [-0.2, -0.15) is 0 Å². The van der Waals surface area contributed by atoms with Gasteiger partial charge in [-0.25, -0.2) is 0 Å². The molecule has 0 unspecified atom stereocenters. The summed E-state index contributed by atoms with van der Waals surface area (Å²) in [5.41, 5.74) is 3.16. The van der Waals surface area contributed by atoms with Gasteiger partial charge >= 0.3 is 5.97 Å². The van der Waals surface area contributed by atoms with Crippen molar-refractivity contribution in [3.05, 3.63) is 65.2 Å². The number of hydrogen-bond acceptors (Lipinski definition) is 4. The smallest absolute Gasteiger partial charge is 0.306 e. The van der Waals surface area contributed by atoms with Crippen LogP contribution in [0.4, 0.5) is 5.69 Å². The van der Waals surface area contributed by atoms with E-state index in [-0.39, 0.29) is 25.2 Å². The van der Waals surface area contributed by atoms with Crippen molar-refractivity contribution >= 4 is 23.3 Å². The minimum Gasteiger partial charge on any atom is -0.456 e. The molecule has 1 amide bonds. The minimum atomic E-state index is -0.569. The Bertz CT molecular complexity index is 748. The molecule has 0 atom stereocenters. The first-order valence-corrected chi connectivity index (χ1v) is 8.07. The zero-order valence-corrected chi connectivity index (χ0v) is 14.4. The molecule has 2 aromatic rings. The third kappa shape index (κ3) is 5.57. The van der Waals surface area contributed by atoms with Crippen molar-refractivity contribution in [1.82, 2.24) is 0 Å². The molecule has 0 saturated carbocycles. The van der Waals surface area contributed by atoms with E-state index in [0.29, 0.717) is 5.56 Å². The van der Waals surface area contributed by atoms with Crippen LogP contribution in [0.25, 0.3) is 0 Å². The normalized spacial score (nSPS) is 10.2. The Kier molecular flexibility index (Phi) is 6.46. The van der Waals surface area contributed by atoms with E-state index < -0.39 is 11.9 Å². The van der Waals surface area contributed by atoms with Crippen LogP contribution < -0.4 is 5.32 Å². The number of aryl methyl sites for hydroxylation is 2. The molecule has 0 aliphatic rings. The predicted octanol–water partition coefficient (Wildman–Crippen LogP) is 3.45. The summed E-state index contributed by atoms with van der Waals surface area (Å²) in [6.45, 7) is 3.42. The second-order valence-corrected chi connectivity index (χ2v) is 5.76. The number of rotatable bonds is 7. The molecule has 0 heterocycles. The maximum atomic E-state index is 11.9. The molecule has 5 nitrogen and oxygen atoms in total. The highest BCUT2D eigenvalue weighted by molar-refractivity contribution is 5.98. The molecule has 0 saturated heterocycles. The van der Waals surface area contributed by atoms with Crippen LogP contribution in [-0.2, 0) is 14.3 Å². The Hall–Kier alpha value is -2.95. The Morgan fingerprint density at radius 2 is 1.52 bits per heavy atom. The fraction of sp³-hybridized carbons (Fsp3) is 0.250. The number of esters is 1. The van der Waals surface area contributed by atoms with Crippen LogP contribution in [0.1, 0.15) is 34.3 Å². The number of Topliss-reactive ketones (excluding diaryl/α,β-unsaturated/α-hetero) is 1. The SMILES string of the molecule is Cc1cccc(C)c1NC(=O)COC(=O)CCC(=O)c1ccccc1. The first-order valence-electron chi connectivity index (χ1n) is 8.07. The number of carbonyl (C=O) groups is 3. The van der Waals surface area contributed by atoms with Crippen LogP contribution in [0.5, 0.6) is 0 Å². The van der Waals surface area contributed by atoms with E-state index in [9.17, 15) is 14.4 Å². The zero-order chi connectivity index (χ0) is 18.2. The van der Waals surface area contributed by atoms with E-state index in [0.717, 1.165) is 16.8 Å². The fourth-order valence-electron chi connectivity index (χ4n) is 2.39. The van der Waals surface area contributed by atoms with Crippen molar-refractivity contribution in [3.8, 4) is 0 Å². The highest BCUT2D eigenvalue weighted by Crippen LogP contribution is 2.19. The largest absolute Gasteiger partial charge is 0.456 e. The van der Waals surface area contributed by atoms with Gasteiger partial charge in [0.1, 0.15) is 0 Å². The maximum Gasteiger partial charge on any atom is 0.306 e. The number of para-hydroxylation sites is 1. The number of hydrogen-bond donors (Lipinski definition) is 1. The summed E-state index contributed by atoms with van der Waals surface area (Å²) in [6, 6.07) is 14.4. The average molecular weight is 339 g/mol. The van der Waals surface area contributed by atoms with E-state index in [2.05, 4.69) is 5.32 Å². The number of amides is 1. The van der Waals surface area contributed by atoms with Gasteiger partial charge in [-0.1, -0.05) is 48.5 Å². The van der Waals surface area contributed by atoms with Crippen molar-refractivity contribution in [1.29, 1.82) is 0 Å². The molecule has 1 N–H and O–H groups in total. The summed E-state index contributed by atoms with van der Waals surface area (Å²) in [5.74, 6) is -1.10. The summed E-state index contributed by atoms with van der Waals surface area (Å²) in [7, 11) is 0. The number of benzene rings is 2. The lowest BCUT2D eigenvalue weighted by atomic mass is 10.1. The van der Waals surface area contributed by atoms with Crippen molar-refractivity contribution in [2.45, 2.75) is 26.7 Å². The minimum absolute atomic E-state index is 0.0512. The van der Waals surface area contributed by atoms with Crippen LogP contribution in [0.3, 0.4) is 0 Å². The summed E-state index contributed by atoms with van der Waals surface area (Å²) < 4.78 is 4.94. The standard InChI is InChI=1S/C20H21NO4/c1-14-7-6-8-15(2)20(14)21-18(23)13-25-19(24)12-11-17(22)16-9-4-3-5-10-16/h3-10H,11-13H2,1-2H3,(H,21,23). The number of ketones is 1. The molecule has 0 aromatic heterocycles. The van der Waals surface area contributed by atoms with E-state index in [1.165, 1.54) is 0 Å². The van der Waals surface area contributed by atoms with Gasteiger partial charge in [-0.3, -0.25) is 14.4 Å². The lowest BCUT2D eigenvalue weighted by Gasteiger charge is -2.11. The Labute approximate surface area is 147 Å². The Morgan fingerprint density at radius 3 is 2.16 bits per heavy atom. The quantitative estimate of drug-likeness (QED) is 0.619. The monoisotopic (exact) mass is 339 g/mol. The molecule has 0 radical (unpaired) electrons. The van der Waals surface area contributed by atoms with E-state index in [1.807, 2.05) is 38.1 Å². The highest BCUT2D eigenvalue weighted by atomic mass is 16.5. The molecular weight excluding hydrogens is 318 g/mol. The molecule has 0 fully saturated rings. The first-order chi connectivity index (χ1) is 12.0. The number of ether oxygens (including phenoxy) is 1. The highest BCUT2D eigenvalue weighted by Gasteiger charge is 2.13. The van der Waals surface area contributed by atoms with Crippen LogP contribution in [0, 0.1) is 13.8 Å². The average Bonchev–Trinajstić information content (AvgIpc) is 2.62. The molecule has 5 heteroatoms. The third-order valence-electron chi connectivity index (χ3n) is 3.76. The molecule has 2 rings (SSSR count). The maximum absolute atomic E-state index is 11.9. The number of carbonyl (C=O) groups excluding carboxylic acids is 3. The van der Waals surface area contributed by atoms with Crippen molar-refractivity contribution in [2.24, 2.45) is 0 Å². The van der Waals surface area contributed by atoms with Crippen LogP contribution in [-0.4, -0.2) is 24.3 Å². The van der Waals surface area contributed by atoms with Crippen LogP contribution >= 0.6 is 0 Å². The van der Waals surface area contributed by atoms with Gasteiger partial charge in [0, 0.05) is 17.7 Å². The van der Waals surface area contributed by atoms with Gasteiger partial charge in [-0.15, -0.1) is 0 Å². The molecule has 2 aromatic carbocycles. The summed E-state index contributed by atoms with van der Waals surface area (Å²) in [6.07, 6.45) is 0.00572. The van der Waals surface area contributed by atoms with Gasteiger partial charge in [0.15, 0.2) is 12.4 Å². The van der Waals surface area contributed by atoms with Crippen molar-refractivity contribution < 1.29 is 19.1 Å². The zero-order valence-electron chi connectivity index (χ0n) is 14.4. The van der Waals surface area contributed by atoms with E-state index in [4.69, 9.17) is 4.74 Å². The summed E-state index contributed by atoms with van der Waals surface area (Å²) in [5, 5.41) is 2.74. The van der Waals surface area contributed by atoms with Crippen LogP contribution in [0.2, 0.25) is 0 Å². The molecule has 0 bridgehead atoms. The van der Waals surface area contributed by atoms with Gasteiger partial charge < -0.3 is 10.1 Å². The lowest BCUT2D eigenvalue weighted by Crippen LogP contribution is -2.22. The Morgan fingerprint density at radius 1 is 0.880 bits per heavy atom. The number of anilines is 1. The topological polar surface area (TPSA) is 72.5 Å². The molecule has 130 valence electrons.